The number of aromatic nitrogens is 2. The number of rotatable bonds is 3. The molecule has 1 heterocycles. The molecule has 0 radical (unpaired) electrons. The van der Waals surface area contributed by atoms with Gasteiger partial charge in [-0.1, -0.05) is 11.6 Å². The molecule has 0 aliphatic heterocycles. The third kappa shape index (κ3) is 3.91. The van der Waals surface area contributed by atoms with Crippen molar-refractivity contribution < 1.29 is 8.42 Å². The summed E-state index contributed by atoms with van der Waals surface area (Å²) in [6.45, 7) is 0. The molecular weight excluding hydrogens is 424 g/mol. The fourth-order valence-corrected chi connectivity index (χ4v) is 3.01. The van der Waals surface area contributed by atoms with Gasteiger partial charge < -0.3 is 0 Å². The van der Waals surface area contributed by atoms with Gasteiger partial charge in [0.1, 0.15) is 11.0 Å². The number of anilines is 1. The van der Waals surface area contributed by atoms with E-state index in [0.717, 1.165) is 3.57 Å². The highest BCUT2D eigenvalue weighted by molar-refractivity contribution is 14.1. The number of benzene rings is 1. The predicted molar refractivity (Wildman–Crippen MR) is 82.0 cm³/mol. The minimum Gasteiger partial charge on any atom is -0.263 e. The molecule has 19 heavy (non-hydrogen) atoms. The average molecular weight is 430 g/mol. The molecule has 0 fully saturated rings. The minimum absolute atomic E-state index is 0.0172. The first-order valence-corrected chi connectivity index (χ1v) is 8.17. The molecule has 1 aromatic carbocycles. The van der Waals surface area contributed by atoms with Gasteiger partial charge in [0.2, 0.25) is 5.28 Å². The van der Waals surface area contributed by atoms with Crippen LogP contribution in [0.5, 0.6) is 0 Å². The van der Waals surface area contributed by atoms with Gasteiger partial charge in [-0.2, -0.15) is 4.98 Å². The normalized spacial score (nSPS) is 11.3. The Bertz CT molecular complexity index is 687. The van der Waals surface area contributed by atoms with Gasteiger partial charge in [-0.05, 0) is 58.5 Å². The van der Waals surface area contributed by atoms with E-state index in [1.54, 1.807) is 12.1 Å². The number of sulfonamides is 1. The largest absolute Gasteiger partial charge is 0.263 e. The molecule has 0 aliphatic rings. The van der Waals surface area contributed by atoms with Crippen LogP contribution in [0.4, 0.5) is 5.82 Å². The lowest BCUT2D eigenvalue weighted by Crippen LogP contribution is -2.14. The van der Waals surface area contributed by atoms with Crippen molar-refractivity contribution in [2.45, 2.75) is 4.90 Å². The van der Waals surface area contributed by atoms with Crippen molar-refractivity contribution in [2.75, 3.05) is 4.72 Å². The standard InChI is InChI=1S/C10H6Cl2IN3O2S/c11-8-5-9(15-10(12)14-8)16-19(17,18)7-3-1-6(13)2-4-7/h1-5H,(H,14,15,16). The fourth-order valence-electron chi connectivity index (χ4n) is 1.25. The second-order valence-corrected chi connectivity index (χ2v) is 7.06. The Labute approximate surface area is 133 Å². The Morgan fingerprint density at radius 2 is 1.74 bits per heavy atom. The lowest BCUT2D eigenvalue weighted by Gasteiger charge is -2.07. The van der Waals surface area contributed by atoms with Gasteiger partial charge in [-0.25, -0.2) is 13.4 Å². The maximum absolute atomic E-state index is 12.1. The maximum atomic E-state index is 12.1. The first kappa shape index (κ1) is 14.8. The third-order valence-corrected chi connectivity index (χ3v) is 4.48. The maximum Gasteiger partial charge on any atom is 0.263 e. The van der Waals surface area contributed by atoms with E-state index in [4.69, 9.17) is 23.2 Å². The van der Waals surface area contributed by atoms with Gasteiger partial charge in [-0.3, -0.25) is 4.72 Å². The Morgan fingerprint density at radius 1 is 1.11 bits per heavy atom. The van der Waals surface area contributed by atoms with Crippen molar-refractivity contribution in [1.82, 2.24) is 9.97 Å². The van der Waals surface area contributed by atoms with Crippen LogP contribution in [0.25, 0.3) is 0 Å². The zero-order valence-corrected chi connectivity index (χ0v) is 13.6. The molecule has 0 atom stereocenters. The number of halogens is 3. The Morgan fingerprint density at radius 3 is 2.32 bits per heavy atom. The van der Waals surface area contributed by atoms with E-state index in [-0.39, 0.29) is 21.2 Å². The summed E-state index contributed by atoms with van der Waals surface area (Å²) in [5.74, 6) is 0.0172. The van der Waals surface area contributed by atoms with Crippen molar-refractivity contribution in [1.29, 1.82) is 0 Å². The molecular formula is C10H6Cl2IN3O2S. The van der Waals surface area contributed by atoms with Gasteiger partial charge in [0.15, 0.2) is 0 Å². The number of hydrogen-bond donors (Lipinski definition) is 1. The summed E-state index contributed by atoms with van der Waals surface area (Å²) in [4.78, 5) is 7.50. The van der Waals surface area contributed by atoms with E-state index < -0.39 is 10.0 Å². The minimum atomic E-state index is -3.72. The molecule has 0 amide bonds. The summed E-state index contributed by atoms with van der Waals surface area (Å²) < 4.78 is 27.4. The van der Waals surface area contributed by atoms with Crippen LogP contribution < -0.4 is 4.72 Å². The number of hydrogen-bond acceptors (Lipinski definition) is 4. The van der Waals surface area contributed by atoms with Gasteiger partial charge in [-0.15, -0.1) is 0 Å². The molecule has 2 rings (SSSR count). The summed E-state index contributed by atoms with van der Waals surface area (Å²) in [6.07, 6.45) is 0. The van der Waals surface area contributed by atoms with E-state index >= 15 is 0 Å². The summed E-state index contributed by atoms with van der Waals surface area (Å²) in [7, 11) is -3.72. The molecule has 0 bridgehead atoms. The summed E-state index contributed by atoms with van der Waals surface area (Å²) >= 11 is 13.4. The summed E-state index contributed by atoms with van der Waals surface area (Å²) in [5.41, 5.74) is 0. The summed E-state index contributed by atoms with van der Waals surface area (Å²) in [5, 5.41) is -0.0758. The zero-order chi connectivity index (χ0) is 14.0. The molecule has 9 heteroatoms. The van der Waals surface area contributed by atoms with Crippen molar-refractivity contribution in [3.05, 3.63) is 44.3 Å². The molecule has 0 saturated carbocycles. The highest BCUT2D eigenvalue weighted by Gasteiger charge is 2.15. The molecule has 0 spiro atoms. The fraction of sp³-hybridized carbons (Fsp3) is 0. The van der Waals surface area contributed by atoms with Crippen LogP contribution in [0, 0.1) is 3.57 Å². The predicted octanol–water partition coefficient (Wildman–Crippen LogP) is 3.19. The zero-order valence-electron chi connectivity index (χ0n) is 9.14. The van der Waals surface area contributed by atoms with E-state index in [1.165, 1.54) is 18.2 Å². The molecule has 5 nitrogen and oxygen atoms in total. The lowest BCUT2D eigenvalue weighted by molar-refractivity contribution is 0.601. The van der Waals surface area contributed by atoms with Crippen molar-refractivity contribution in [3.63, 3.8) is 0 Å². The lowest BCUT2D eigenvalue weighted by atomic mass is 10.4. The first-order valence-electron chi connectivity index (χ1n) is 4.85. The Hall–Kier alpha value is -0.640. The van der Waals surface area contributed by atoms with Crippen LogP contribution in [0.15, 0.2) is 35.2 Å². The molecule has 0 unspecified atom stereocenters. The number of nitrogens with one attached hydrogen (secondary N) is 1. The molecule has 1 aromatic heterocycles. The van der Waals surface area contributed by atoms with E-state index in [1.807, 2.05) is 0 Å². The highest BCUT2D eigenvalue weighted by Crippen LogP contribution is 2.19. The molecule has 1 N–H and O–H groups in total. The molecule has 0 saturated heterocycles. The van der Waals surface area contributed by atoms with Gasteiger partial charge in [0, 0.05) is 9.64 Å². The first-order chi connectivity index (χ1) is 8.87. The quantitative estimate of drug-likeness (QED) is 0.462. The Kier molecular flexibility index (Phi) is 4.49. The molecule has 0 aliphatic carbocycles. The average Bonchev–Trinajstić information content (AvgIpc) is 2.27. The van der Waals surface area contributed by atoms with Crippen LogP contribution in [0.3, 0.4) is 0 Å². The van der Waals surface area contributed by atoms with E-state index in [0.29, 0.717) is 0 Å². The highest BCUT2D eigenvalue weighted by atomic mass is 127. The Balaban J connectivity index is 2.33. The van der Waals surface area contributed by atoms with Crippen molar-refractivity contribution >= 4 is 61.6 Å². The smallest absolute Gasteiger partial charge is 0.263 e. The van der Waals surface area contributed by atoms with Crippen LogP contribution in [-0.2, 0) is 10.0 Å². The van der Waals surface area contributed by atoms with E-state index in [2.05, 4.69) is 37.3 Å². The number of nitrogens with zero attached hydrogens (tertiary/aromatic N) is 2. The van der Waals surface area contributed by atoms with Crippen LogP contribution >= 0.6 is 45.8 Å². The monoisotopic (exact) mass is 429 g/mol. The van der Waals surface area contributed by atoms with Gasteiger partial charge in [0.05, 0.1) is 4.90 Å². The molecule has 100 valence electrons. The second kappa shape index (κ2) is 5.78. The van der Waals surface area contributed by atoms with Crippen LogP contribution in [0.1, 0.15) is 0 Å². The van der Waals surface area contributed by atoms with E-state index in [9.17, 15) is 8.42 Å². The topological polar surface area (TPSA) is 72.0 Å². The van der Waals surface area contributed by atoms with Crippen LogP contribution in [0.2, 0.25) is 10.4 Å². The third-order valence-electron chi connectivity index (χ3n) is 2.03. The molecule has 2 aromatic rings. The van der Waals surface area contributed by atoms with Crippen molar-refractivity contribution in [3.8, 4) is 0 Å². The van der Waals surface area contributed by atoms with Gasteiger partial charge in [0.25, 0.3) is 10.0 Å². The second-order valence-electron chi connectivity index (χ2n) is 3.40. The summed E-state index contributed by atoms with van der Waals surface area (Å²) in [6, 6.07) is 7.64. The van der Waals surface area contributed by atoms with Gasteiger partial charge >= 0.3 is 0 Å². The van der Waals surface area contributed by atoms with Crippen LogP contribution in [-0.4, -0.2) is 18.4 Å². The van der Waals surface area contributed by atoms with Crippen molar-refractivity contribution in [2.24, 2.45) is 0 Å². The SMILES string of the molecule is O=S(=O)(Nc1cc(Cl)nc(Cl)n1)c1ccc(I)cc1.